The molecule has 116 valence electrons. The molecule has 5 heteroatoms. The zero-order valence-corrected chi connectivity index (χ0v) is 13.3. The summed E-state index contributed by atoms with van der Waals surface area (Å²) in [7, 11) is -0.894. The van der Waals surface area contributed by atoms with Crippen LogP contribution in [0, 0.1) is 5.92 Å². The fourth-order valence-electron chi connectivity index (χ4n) is 2.05. The lowest BCUT2D eigenvalue weighted by Gasteiger charge is -2.07. The van der Waals surface area contributed by atoms with Gasteiger partial charge in [-0.2, -0.15) is 0 Å². The predicted octanol–water partition coefficient (Wildman–Crippen LogP) is 2.11. The van der Waals surface area contributed by atoms with Crippen LogP contribution >= 0.6 is 0 Å². The largest absolute Gasteiger partial charge is 0.381 e. The van der Waals surface area contributed by atoms with Crippen molar-refractivity contribution in [3.63, 3.8) is 0 Å². The van der Waals surface area contributed by atoms with Gasteiger partial charge in [-0.25, -0.2) is 0 Å². The van der Waals surface area contributed by atoms with Gasteiger partial charge < -0.3 is 10.1 Å². The number of carbonyl (C=O) groups excluding carboxylic acids is 1. The molecule has 0 radical (unpaired) electrons. The Balaban J connectivity index is 1.67. The van der Waals surface area contributed by atoms with Gasteiger partial charge in [0, 0.05) is 48.1 Å². The van der Waals surface area contributed by atoms with E-state index in [-0.39, 0.29) is 5.91 Å². The molecule has 0 aliphatic heterocycles. The van der Waals surface area contributed by atoms with Gasteiger partial charge in [-0.3, -0.25) is 9.00 Å². The summed E-state index contributed by atoms with van der Waals surface area (Å²) in [5.41, 5.74) is 1.55. The minimum atomic E-state index is -0.894. The Hall–Kier alpha value is -1.20. The van der Waals surface area contributed by atoms with Crippen molar-refractivity contribution in [2.75, 3.05) is 26.0 Å². The molecule has 1 aliphatic carbocycles. The monoisotopic (exact) mass is 309 g/mol. The molecule has 0 aromatic heterocycles. The van der Waals surface area contributed by atoms with E-state index in [1.165, 1.54) is 12.8 Å². The molecule has 1 aliphatic rings. The summed E-state index contributed by atoms with van der Waals surface area (Å²) in [6.07, 6.45) is 5.09. The van der Waals surface area contributed by atoms with E-state index in [1.807, 2.05) is 12.1 Å². The van der Waals surface area contributed by atoms with E-state index in [1.54, 1.807) is 18.4 Å². The molecule has 1 fully saturated rings. The molecule has 1 N–H and O–H groups in total. The first-order valence-electron chi connectivity index (χ1n) is 7.40. The summed E-state index contributed by atoms with van der Waals surface area (Å²) in [6, 6.07) is 7.31. The molecule has 1 aromatic carbocycles. The fraction of sp³-hybridized carbons (Fsp3) is 0.562. The number of hydrogen-bond acceptors (Lipinski definition) is 3. The average molecular weight is 309 g/mol. The van der Waals surface area contributed by atoms with Gasteiger partial charge >= 0.3 is 0 Å². The van der Waals surface area contributed by atoms with Gasteiger partial charge in [-0.05, 0) is 42.9 Å². The minimum Gasteiger partial charge on any atom is -0.381 e. The Kier molecular flexibility index (Phi) is 6.39. The first-order valence-corrected chi connectivity index (χ1v) is 9.13. The molecule has 0 spiro atoms. The zero-order chi connectivity index (χ0) is 15.1. The number of nitrogens with one attached hydrogen (secondary N) is 1. The highest BCUT2D eigenvalue weighted by atomic mass is 32.2. The minimum absolute atomic E-state index is 0.0825. The summed E-state index contributed by atoms with van der Waals surface area (Å²) in [5.74, 6) is 1.18. The molecule has 4 nitrogen and oxygen atoms in total. The topological polar surface area (TPSA) is 55.4 Å². The summed E-state index contributed by atoms with van der Waals surface area (Å²) >= 11 is 0. The molecule has 0 saturated heterocycles. The molecule has 1 saturated carbocycles. The van der Waals surface area contributed by atoms with Crippen LogP contribution in [0.15, 0.2) is 24.3 Å². The standard InChI is InChI=1S/C16H23NO3S/c1-21(19)12-14-4-2-5-15(10-14)16(18)17-8-3-9-20-11-13-6-7-13/h2,4-5,10,13H,3,6-9,11-12H2,1H3,(H,17,18). The maximum absolute atomic E-state index is 12.0. The van der Waals surface area contributed by atoms with Crippen molar-refractivity contribution in [1.82, 2.24) is 5.32 Å². The molecular formula is C16H23NO3S. The van der Waals surface area contributed by atoms with Crippen molar-refractivity contribution in [3.8, 4) is 0 Å². The third-order valence-corrected chi connectivity index (χ3v) is 4.10. The fourth-order valence-corrected chi connectivity index (χ4v) is 2.70. The SMILES string of the molecule is CS(=O)Cc1cccc(C(=O)NCCCOCC2CC2)c1. The molecule has 1 atom stereocenters. The van der Waals surface area contributed by atoms with E-state index in [0.717, 1.165) is 24.5 Å². The maximum atomic E-state index is 12.0. The molecule has 0 heterocycles. The van der Waals surface area contributed by atoms with Crippen molar-refractivity contribution in [3.05, 3.63) is 35.4 Å². The quantitative estimate of drug-likeness (QED) is 0.711. The van der Waals surface area contributed by atoms with Gasteiger partial charge in [-0.15, -0.1) is 0 Å². The van der Waals surface area contributed by atoms with E-state index >= 15 is 0 Å². The van der Waals surface area contributed by atoms with Crippen LogP contribution in [-0.2, 0) is 21.3 Å². The number of carbonyl (C=O) groups is 1. The Morgan fingerprint density at radius 2 is 2.24 bits per heavy atom. The van der Waals surface area contributed by atoms with Crippen molar-refractivity contribution in [2.45, 2.75) is 25.0 Å². The van der Waals surface area contributed by atoms with Crippen molar-refractivity contribution in [2.24, 2.45) is 5.92 Å². The second kappa shape index (κ2) is 8.29. The van der Waals surface area contributed by atoms with E-state index in [4.69, 9.17) is 4.74 Å². The summed E-state index contributed by atoms with van der Waals surface area (Å²) in [6.45, 7) is 2.18. The molecule has 1 aromatic rings. The van der Waals surface area contributed by atoms with E-state index in [0.29, 0.717) is 24.5 Å². The number of benzene rings is 1. The Labute approximate surface area is 128 Å². The first kappa shape index (κ1) is 16.2. The highest BCUT2D eigenvalue weighted by molar-refractivity contribution is 7.83. The summed E-state index contributed by atoms with van der Waals surface area (Å²) in [4.78, 5) is 12.0. The smallest absolute Gasteiger partial charge is 0.251 e. The molecule has 2 rings (SSSR count). The molecule has 21 heavy (non-hydrogen) atoms. The van der Waals surface area contributed by atoms with Crippen molar-refractivity contribution in [1.29, 1.82) is 0 Å². The van der Waals surface area contributed by atoms with E-state index in [2.05, 4.69) is 5.32 Å². The number of rotatable bonds is 9. The summed E-state index contributed by atoms with van der Waals surface area (Å²) < 4.78 is 16.7. The van der Waals surface area contributed by atoms with Crippen LogP contribution in [0.3, 0.4) is 0 Å². The highest BCUT2D eigenvalue weighted by Crippen LogP contribution is 2.28. The van der Waals surface area contributed by atoms with Crippen LogP contribution in [0.4, 0.5) is 0 Å². The van der Waals surface area contributed by atoms with Crippen LogP contribution < -0.4 is 5.32 Å². The van der Waals surface area contributed by atoms with Gasteiger partial charge in [0.05, 0.1) is 0 Å². The Morgan fingerprint density at radius 3 is 2.95 bits per heavy atom. The lowest BCUT2D eigenvalue weighted by molar-refractivity contribution is 0.0937. The average Bonchev–Trinajstić information content (AvgIpc) is 3.26. The second-order valence-electron chi connectivity index (χ2n) is 5.55. The van der Waals surface area contributed by atoms with Gasteiger partial charge in [0.2, 0.25) is 0 Å². The third-order valence-electron chi connectivity index (χ3n) is 3.36. The Morgan fingerprint density at radius 1 is 1.43 bits per heavy atom. The molecule has 1 amide bonds. The Bertz CT molecular complexity index is 500. The first-order chi connectivity index (χ1) is 10.1. The van der Waals surface area contributed by atoms with Crippen LogP contribution in [0.1, 0.15) is 35.2 Å². The van der Waals surface area contributed by atoms with Gasteiger partial charge in [0.1, 0.15) is 0 Å². The van der Waals surface area contributed by atoms with Crippen LogP contribution in [0.25, 0.3) is 0 Å². The van der Waals surface area contributed by atoms with Crippen molar-refractivity contribution >= 4 is 16.7 Å². The molecule has 0 bridgehead atoms. The van der Waals surface area contributed by atoms with Gasteiger partial charge in [-0.1, -0.05) is 12.1 Å². The molecule has 1 unspecified atom stereocenters. The van der Waals surface area contributed by atoms with Crippen molar-refractivity contribution < 1.29 is 13.7 Å². The normalized spacial score (nSPS) is 15.7. The maximum Gasteiger partial charge on any atom is 0.251 e. The number of ether oxygens (including phenoxy) is 1. The number of hydrogen-bond donors (Lipinski definition) is 1. The lowest BCUT2D eigenvalue weighted by atomic mass is 10.1. The van der Waals surface area contributed by atoms with Gasteiger partial charge in [0.25, 0.3) is 5.91 Å². The van der Waals surface area contributed by atoms with Crippen LogP contribution in [-0.4, -0.2) is 36.1 Å². The number of amides is 1. The predicted molar refractivity (Wildman–Crippen MR) is 84.7 cm³/mol. The third kappa shape index (κ3) is 6.40. The van der Waals surface area contributed by atoms with Crippen LogP contribution in [0.2, 0.25) is 0 Å². The second-order valence-corrected chi connectivity index (χ2v) is 6.98. The van der Waals surface area contributed by atoms with E-state index < -0.39 is 10.8 Å². The van der Waals surface area contributed by atoms with Crippen LogP contribution in [0.5, 0.6) is 0 Å². The highest BCUT2D eigenvalue weighted by Gasteiger charge is 2.20. The lowest BCUT2D eigenvalue weighted by Crippen LogP contribution is -2.25. The zero-order valence-electron chi connectivity index (χ0n) is 12.5. The van der Waals surface area contributed by atoms with E-state index in [9.17, 15) is 9.00 Å². The van der Waals surface area contributed by atoms with Gasteiger partial charge in [0.15, 0.2) is 0 Å². The molecular weight excluding hydrogens is 286 g/mol. The summed E-state index contributed by atoms with van der Waals surface area (Å²) in [5, 5.41) is 2.89.